The van der Waals surface area contributed by atoms with Crippen LogP contribution in [0, 0.1) is 0 Å². The van der Waals surface area contributed by atoms with E-state index >= 15 is 0 Å². The summed E-state index contributed by atoms with van der Waals surface area (Å²) in [7, 11) is -5.67. The summed E-state index contributed by atoms with van der Waals surface area (Å²) in [6, 6.07) is 9.33. The van der Waals surface area contributed by atoms with Crippen LogP contribution in [0.3, 0.4) is 0 Å². The predicted octanol–water partition coefficient (Wildman–Crippen LogP) is 8.71. The molecule has 0 saturated heterocycles. The number of hydrogen-bond acceptors (Lipinski definition) is 4. The van der Waals surface area contributed by atoms with E-state index in [0.29, 0.717) is 22.3 Å². The molecule has 0 unspecified atom stereocenters. The summed E-state index contributed by atoms with van der Waals surface area (Å²) in [6.07, 6.45) is 10.8. The molecule has 0 bridgehead atoms. The van der Waals surface area contributed by atoms with Gasteiger partial charge in [-0.05, 0) is 79.5 Å². The molecule has 35 heavy (non-hydrogen) atoms. The molecular weight excluding hydrogens is 524 g/mol. The zero-order chi connectivity index (χ0) is 25.6. The number of hydrogen-bond donors (Lipinski definition) is 1. The SMILES string of the molecule is O=S(=O)(Oc1ccc(Cl)cc1C1CCCCC1)C(F)(F)F.Oc1ccc(Cl)cc1C1CCCCC1. The molecule has 2 aromatic carbocycles. The van der Waals surface area contributed by atoms with E-state index in [2.05, 4.69) is 4.18 Å². The van der Waals surface area contributed by atoms with E-state index < -0.39 is 15.6 Å². The van der Waals surface area contributed by atoms with Crippen molar-refractivity contribution in [2.24, 2.45) is 0 Å². The third-order valence-electron chi connectivity index (χ3n) is 6.53. The van der Waals surface area contributed by atoms with Crippen molar-refractivity contribution in [1.82, 2.24) is 0 Å². The second-order valence-electron chi connectivity index (χ2n) is 9.04. The van der Waals surface area contributed by atoms with Gasteiger partial charge in [0.05, 0.1) is 0 Å². The minimum Gasteiger partial charge on any atom is -0.508 e. The van der Waals surface area contributed by atoms with Crippen molar-refractivity contribution in [1.29, 1.82) is 0 Å². The number of alkyl halides is 3. The molecule has 4 rings (SSSR count). The van der Waals surface area contributed by atoms with Crippen LogP contribution in [0.4, 0.5) is 13.2 Å². The number of phenols is 1. The minimum atomic E-state index is -5.67. The maximum Gasteiger partial charge on any atom is 0.534 e. The van der Waals surface area contributed by atoms with Crippen LogP contribution in [0.25, 0.3) is 0 Å². The summed E-state index contributed by atoms with van der Waals surface area (Å²) in [5.74, 6) is 0.600. The molecule has 0 radical (unpaired) electrons. The summed E-state index contributed by atoms with van der Waals surface area (Å²) in [6.45, 7) is 0. The van der Waals surface area contributed by atoms with Gasteiger partial charge in [0, 0.05) is 15.6 Å². The van der Waals surface area contributed by atoms with Gasteiger partial charge in [0.15, 0.2) is 0 Å². The molecule has 0 aliphatic heterocycles. The highest BCUT2D eigenvalue weighted by Crippen LogP contribution is 2.41. The largest absolute Gasteiger partial charge is 0.534 e. The molecule has 2 saturated carbocycles. The molecule has 0 heterocycles. The van der Waals surface area contributed by atoms with Crippen molar-refractivity contribution in [2.45, 2.75) is 81.6 Å². The number of phenolic OH excluding ortho intramolecular Hbond substituents is 1. The Hall–Kier alpha value is -1.64. The first-order valence-corrected chi connectivity index (χ1v) is 13.9. The Morgan fingerprint density at radius 3 is 1.74 bits per heavy atom. The van der Waals surface area contributed by atoms with Gasteiger partial charge in [-0.3, -0.25) is 0 Å². The van der Waals surface area contributed by atoms with Crippen LogP contribution < -0.4 is 4.18 Å². The Morgan fingerprint density at radius 2 is 1.23 bits per heavy atom. The van der Waals surface area contributed by atoms with Crippen LogP contribution in [-0.2, 0) is 10.1 Å². The second-order valence-corrected chi connectivity index (χ2v) is 11.4. The highest BCUT2D eigenvalue weighted by molar-refractivity contribution is 7.88. The lowest BCUT2D eigenvalue weighted by Gasteiger charge is -2.24. The topological polar surface area (TPSA) is 63.6 Å². The first kappa shape index (κ1) is 27.9. The Morgan fingerprint density at radius 1 is 0.771 bits per heavy atom. The molecule has 0 aromatic heterocycles. The molecule has 2 aliphatic rings. The van der Waals surface area contributed by atoms with E-state index in [-0.39, 0.29) is 11.7 Å². The van der Waals surface area contributed by atoms with Gasteiger partial charge < -0.3 is 9.29 Å². The summed E-state index contributed by atoms with van der Waals surface area (Å²) in [4.78, 5) is 0. The molecule has 10 heteroatoms. The lowest BCUT2D eigenvalue weighted by atomic mass is 9.84. The summed E-state index contributed by atoms with van der Waals surface area (Å²) in [5.41, 5.74) is -3.98. The van der Waals surface area contributed by atoms with Crippen LogP contribution >= 0.6 is 23.2 Å². The molecule has 0 atom stereocenters. The fourth-order valence-electron chi connectivity index (χ4n) is 4.76. The Labute approximate surface area is 214 Å². The predicted molar refractivity (Wildman–Crippen MR) is 132 cm³/mol. The summed E-state index contributed by atoms with van der Waals surface area (Å²) >= 11 is 11.8. The van der Waals surface area contributed by atoms with Crippen LogP contribution in [0.15, 0.2) is 36.4 Å². The normalized spacial score (nSPS) is 18.0. The number of benzene rings is 2. The highest BCUT2D eigenvalue weighted by atomic mass is 35.5. The maximum absolute atomic E-state index is 12.4. The van der Waals surface area contributed by atoms with E-state index in [0.717, 1.165) is 42.7 Å². The second kappa shape index (κ2) is 12.1. The molecule has 2 fully saturated rings. The molecular formula is C25H29Cl2F3O4S. The van der Waals surface area contributed by atoms with Gasteiger partial charge in [-0.15, -0.1) is 0 Å². The Bertz CT molecular complexity index is 1090. The number of aromatic hydroxyl groups is 1. The monoisotopic (exact) mass is 552 g/mol. The van der Waals surface area contributed by atoms with Crippen molar-refractivity contribution in [3.8, 4) is 11.5 Å². The third-order valence-corrected chi connectivity index (χ3v) is 7.97. The molecule has 0 spiro atoms. The van der Waals surface area contributed by atoms with Crippen molar-refractivity contribution in [2.75, 3.05) is 0 Å². The van der Waals surface area contributed by atoms with Gasteiger partial charge in [0.1, 0.15) is 11.5 Å². The van der Waals surface area contributed by atoms with Crippen molar-refractivity contribution in [3.05, 3.63) is 57.6 Å². The molecule has 4 nitrogen and oxygen atoms in total. The van der Waals surface area contributed by atoms with Crippen LogP contribution in [0.5, 0.6) is 11.5 Å². The quantitative estimate of drug-likeness (QED) is 0.304. The van der Waals surface area contributed by atoms with Crippen molar-refractivity contribution >= 4 is 33.3 Å². The molecule has 0 amide bonds. The lowest BCUT2D eigenvalue weighted by molar-refractivity contribution is -0.0500. The summed E-state index contributed by atoms with van der Waals surface area (Å²) in [5, 5.41) is 10.8. The van der Waals surface area contributed by atoms with Gasteiger partial charge in [-0.2, -0.15) is 21.6 Å². The average molecular weight is 553 g/mol. The van der Waals surface area contributed by atoms with Gasteiger partial charge in [0.25, 0.3) is 0 Å². The van der Waals surface area contributed by atoms with Gasteiger partial charge in [-0.1, -0.05) is 61.7 Å². The van der Waals surface area contributed by atoms with E-state index in [1.165, 1.54) is 50.3 Å². The maximum atomic E-state index is 12.4. The van der Waals surface area contributed by atoms with Crippen LogP contribution in [0.2, 0.25) is 10.0 Å². The average Bonchev–Trinajstić information content (AvgIpc) is 2.82. The van der Waals surface area contributed by atoms with E-state index in [4.69, 9.17) is 23.2 Å². The Kier molecular flexibility index (Phi) is 9.63. The molecule has 2 aromatic rings. The van der Waals surface area contributed by atoms with E-state index in [1.54, 1.807) is 12.1 Å². The fourth-order valence-corrected chi connectivity index (χ4v) is 5.60. The van der Waals surface area contributed by atoms with Gasteiger partial charge in [-0.25, -0.2) is 0 Å². The highest BCUT2D eigenvalue weighted by Gasteiger charge is 2.49. The van der Waals surface area contributed by atoms with Crippen LogP contribution in [0.1, 0.15) is 87.2 Å². The summed E-state index contributed by atoms with van der Waals surface area (Å²) < 4.78 is 63.9. The van der Waals surface area contributed by atoms with Gasteiger partial charge >= 0.3 is 15.6 Å². The molecule has 194 valence electrons. The zero-order valence-electron chi connectivity index (χ0n) is 19.2. The standard InChI is InChI=1S/C13H14ClF3O3S.C12H15ClO/c14-10-6-7-12(20-21(18,19)13(15,16)17)11(8-10)9-4-2-1-3-5-9;13-10-6-7-12(14)11(8-10)9-4-2-1-3-5-9/h6-9H,1-5H2;6-9,14H,1-5H2. The lowest BCUT2D eigenvalue weighted by Crippen LogP contribution is -2.28. The number of rotatable bonds is 4. The third kappa shape index (κ3) is 7.67. The van der Waals surface area contributed by atoms with Crippen molar-refractivity contribution < 1.29 is 30.9 Å². The van der Waals surface area contributed by atoms with Crippen molar-refractivity contribution in [3.63, 3.8) is 0 Å². The van der Waals surface area contributed by atoms with Crippen LogP contribution in [-0.4, -0.2) is 19.0 Å². The smallest absolute Gasteiger partial charge is 0.508 e. The van der Waals surface area contributed by atoms with E-state index in [1.807, 2.05) is 6.07 Å². The first-order valence-electron chi connectivity index (χ1n) is 11.8. The first-order chi connectivity index (χ1) is 16.5. The van der Waals surface area contributed by atoms with E-state index in [9.17, 15) is 26.7 Å². The number of halogens is 5. The molecule has 2 aliphatic carbocycles. The van der Waals surface area contributed by atoms with Gasteiger partial charge in [0.2, 0.25) is 0 Å². The Balaban J connectivity index is 0.000000211. The fraction of sp³-hybridized carbons (Fsp3) is 0.520. The minimum absolute atomic E-state index is 0.0316. The molecule has 1 N–H and O–H groups in total. The zero-order valence-corrected chi connectivity index (χ0v) is 21.5.